The van der Waals surface area contributed by atoms with Gasteiger partial charge < -0.3 is 29.7 Å². The van der Waals surface area contributed by atoms with Crippen molar-refractivity contribution in [1.29, 1.82) is 0 Å². The van der Waals surface area contributed by atoms with Crippen molar-refractivity contribution in [2.45, 2.75) is 0 Å². The molecule has 1 aromatic carbocycles. The van der Waals surface area contributed by atoms with Crippen molar-refractivity contribution in [3.8, 4) is 6.01 Å². The van der Waals surface area contributed by atoms with Crippen LogP contribution in [0.2, 0.25) is 0 Å². The number of benzene rings is 1. The standard InChI is InChI=1S/C14H21N3O4/c1-18-4-5-19-6-7-20-8-9-21-14-16-12-3-2-11(15)10-13(12)17-14/h2-3,10H,4-9,15H2,1H3,(H,16,17). The lowest BCUT2D eigenvalue weighted by atomic mass is 10.3. The zero-order chi connectivity index (χ0) is 14.9. The van der Waals surface area contributed by atoms with Gasteiger partial charge >= 0.3 is 0 Å². The van der Waals surface area contributed by atoms with Crippen LogP contribution in [0, 0.1) is 0 Å². The summed E-state index contributed by atoms with van der Waals surface area (Å²) in [5, 5.41) is 0. The van der Waals surface area contributed by atoms with Crippen LogP contribution >= 0.6 is 0 Å². The minimum atomic E-state index is 0.424. The number of H-pyrrole nitrogens is 1. The van der Waals surface area contributed by atoms with Crippen molar-refractivity contribution < 1.29 is 18.9 Å². The van der Waals surface area contributed by atoms with Crippen LogP contribution in [0.1, 0.15) is 0 Å². The lowest BCUT2D eigenvalue weighted by molar-refractivity contribution is 0.0174. The Labute approximate surface area is 123 Å². The van der Waals surface area contributed by atoms with Gasteiger partial charge in [0.1, 0.15) is 6.61 Å². The third kappa shape index (κ3) is 5.22. The second-order valence-electron chi connectivity index (χ2n) is 4.38. The number of hydrogen-bond donors (Lipinski definition) is 2. The monoisotopic (exact) mass is 295 g/mol. The minimum absolute atomic E-state index is 0.424. The Hall–Kier alpha value is -1.83. The first kappa shape index (κ1) is 15.6. The highest BCUT2D eigenvalue weighted by molar-refractivity contribution is 5.79. The number of nitrogens with zero attached hydrogens (tertiary/aromatic N) is 1. The molecular formula is C14H21N3O4. The van der Waals surface area contributed by atoms with E-state index in [1.54, 1.807) is 13.2 Å². The summed E-state index contributed by atoms with van der Waals surface area (Å²) in [7, 11) is 1.64. The highest BCUT2D eigenvalue weighted by Crippen LogP contribution is 2.18. The number of imidazole rings is 1. The van der Waals surface area contributed by atoms with Gasteiger partial charge in [-0.3, -0.25) is 0 Å². The number of aromatic nitrogens is 2. The van der Waals surface area contributed by atoms with Crippen molar-refractivity contribution in [1.82, 2.24) is 9.97 Å². The van der Waals surface area contributed by atoms with Crippen molar-refractivity contribution in [3.05, 3.63) is 18.2 Å². The second-order valence-corrected chi connectivity index (χ2v) is 4.38. The molecule has 0 saturated carbocycles. The Morgan fingerprint density at radius 1 is 1.05 bits per heavy atom. The number of nitrogen functional groups attached to an aromatic ring is 1. The Bertz CT molecular complexity index is 544. The summed E-state index contributed by atoms with van der Waals surface area (Å²) < 4.78 is 21.0. The number of ether oxygens (including phenoxy) is 4. The molecule has 0 amide bonds. The maximum absolute atomic E-state index is 5.70. The van der Waals surface area contributed by atoms with Crippen LogP contribution in [0.3, 0.4) is 0 Å². The molecule has 116 valence electrons. The molecule has 2 rings (SSSR count). The third-order valence-electron chi connectivity index (χ3n) is 2.75. The first-order chi connectivity index (χ1) is 10.3. The van der Waals surface area contributed by atoms with Gasteiger partial charge in [-0.2, -0.15) is 4.98 Å². The molecule has 0 aliphatic heterocycles. The predicted molar refractivity (Wildman–Crippen MR) is 79.5 cm³/mol. The Kier molecular flexibility index (Phi) is 6.26. The number of nitrogens with two attached hydrogens (primary N) is 1. The van der Waals surface area contributed by atoms with E-state index in [0.29, 0.717) is 51.3 Å². The van der Waals surface area contributed by atoms with Crippen LogP contribution in [0.5, 0.6) is 6.01 Å². The number of aromatic amines is 1. The molecule has 0 radical (unpaired) electrons. The first-order valence-electron chi connectivity index (χ1n) is 6.82. The fraction of sp³-hybridized carbons (Fsp3) is 0.500. The van der Waals surface area contributed by atoms with Gasteiger partial charge in [0.15, 0.2) is 0 Å². The van der Waals surface area contributed by atoms with E-state index in [1.807, 2.05) is 12.1 Å². The van der Waals surface area contributed by atoms with E-state index in [9.17, 15) is 0 Å². The normalized spacial score (nSPS) is 11.1. The first-order valence-corrected chi connectivity index (χ1v) is 6.82. The van der Waals surface area contributed by atoms with Gasteiger partial charge in [0.05, 0.1) is 44.1 Å². The maximum atomic E-state index is 5.70. The van der Waals surface area contributed by atoms with E-state index in [0.717, 1.165) is 11.0 Å². The van der Waals surface area contributed by atoms with Gasteiger partial charge in [-0.05, 0) is 18.2 Å². The molecule has 0 fully saturated rings. The zero-order valence-corrected chi connectivity index (χ0v) is 12.1. The van der Waals surface area contributed by atoms with Crippen LogP contribution in [0.15, 0.2) is 18.2 Å². The SMILES string of the molecule is COCCOCCOCCOc1nc2ccc(N)cc2[nH]1. The predicted octanol–water partition coefficient (Wildman–Crippen LogP) is 1.20. The molecule has 0 unspecified atom stereocenters. The summed E-state index contributed by atoms with van der Waals surface area (Å²) >= 11 is 0. The summed E-state index contributed by atoms with van der Waals surface area (Å²) in [6, 6.07) is 5.94. The molecule has 1 heterocycles. The van der Waals surface area contributed by atoms with Crippen molar-refractivity contribution >= 4 is 16.7 Å². The second kappa shape index (κ2) is 8.46. The molecule has 1 aromatic heterocycles. The van der Waals surface area contributed by atoms with E-state index in [1.165, 1.54) is 0 Å². The molecule has 0 aliphatic carbocycles. The zero-order valence-electron chi connectivity index (χ0n) is 12.1. The molecule has 0 bridgehead atoms. The van der Waals surface area contributed by atoms with Gasteiger partial charge in [0.25, 0.3) is 6.01 Å². The van der Waals surface area contributed by atoms with Crippen LogP contribution < -0.4 is 10.5 Å². The van der Waals surface area contributed by atoms with Gasteiger partial charge in [-0.1, -0.05) is 0 Å². The van der Waals surface area contributed by atoms with Crippen molar-refractivity contribution in [2.75, 3.05) is 52.5 Å². The summed E-state index contributed by atoms with van der Waals surface area (Å²) in [6.45, 7) is 3.16. The summed E-state index contributed by atoms with van der Waals surface area (Å²) in [5.41, 5.74) is 8.08. The third-order valence-corrected chi connectivity index (χ3v) is 2.75. The van der Waals surface area contributed by atoms with Crippen molar-refractivity contribution in [2.24, 2.45) is 0 Å². The fourth-order valence-electron chi connectivity index (χ4n) is 1.73. The summed E-state index contributed by atoms with van der Waals surface area (Å²) in [5.74, 6) is 0. The molecule has 0 atom stereocenters. The van der Waals surface area contributed by atoms with E-state index < -0.39 is 0 Å². The van der Waals surface area contributed by atoms with Gasteiger partial charge in [-0.25, -0.2) is 0 Å². The van der Waals surface area contributed by atoms with E-state index >= 15 is 0 Å². The smallest absolute Gasteiger partial charge is 0.294 e. The molecular weight excluding hydrogens is 274 g/mol. The molecule has 0 spiro atoms. The number of rotatable bonds is 10. The fourth-order valence-corrected chi connectivity index (χ4v) is 1.73. The molecule has 7 heteroatoms. The Morgan fingerprint density at radius 3 is 2.52 bits per heavy atom. The molecule has 2 aromatic rings. The number of hydrogen-bond acceptors (Lipinski definition) is 6. The van der Waals surface area contributed by atoms with Crippen LogP contribution in [0.25, 0.3) is 11.0 Å². The topological polar surface area (TPSA) is 91.6 Å². The average Bonchev–Trinajstić information content (AvgIpc) is 2.87. The molecule has 3 N–H and O–H groups in total. The highest BCUT2D eigenvalue weighted by Gasteiger charge is 2.03. The van der Waals surface area contributed by atoms with Gasteiger partial charge in [0.2, 0.25) is 0 Å². The van der Waals surface area contributed by atoms with E-state index in [2.05, 4.69) is 9.97 Å². The number of methoxy groups -OCH3 is 1. The van der Waals surface area contributed by atoms with E-state index in [4.69, 9.17) is 24.7 Å². The van der Waals surface area contributed by atoms with Crippen LogP contribution in [-0.4, -0.2) is 56.7 Å². The minimum Gasteiger partial charge on any atom is -0.462 e. The number of nitrogens with one attached hydrogen (secondary N) is 1. The van der Waals surface area contributed by atoms with Gasteiger partial charge in [-0.15, -0.1) is 0 Å². The Balaban J connectivity index is 1.59. The molecule has 21 heavy (non-hydrogen) atoms. The average molecular weight is 295 g/mol. The number of anilines is 1. The quantitative estimate of drug-likeness (QED) is 0.505. The maximum Gasteiger partial charge on any atom is 0.294 e. The number of fused-ring (bicyclic) bond motifs is 1. The summed E-state index contributed by atoms with van der Waals surface area (Å²) in [6.07, 6.45) is 0. The Morgan fingerprint density at radius 2 is 1.76 bits per heavy atom. The van der Waals surface area contributed by atoms with Crippen molar-refractivity contribution in [3.63, 3.8) is 0 Å². The lowest BCUT2D eigenvalue weighted by Gasteiger charge is -2.05. The largest absolute Gasteiger partial charge is 0.462 e. The van der Waals surface area contributed by atoms with E-state index in [-0.39, 0.29) is 0 Å². The lowest BCUT2D eigenvalue weighted by Crippen LogP contribution is -2.12. The summed E-state index contributed by atoms with van der Waals surface area (Å²) in [4.78, 5) is 7.35. The van der Waals surface area contributed by atoms with Gasteiger partial charge in [0, 0.05) is 12.8 Å². The van der Waals surface area contributed by atoms with Crippen LogP contribution in [0.4, 0.5) is 5.69 Å². The molecule has 0 aliphatic rings. The molecule has 0 saturated heterocycles. The van der Waals surface area contributed by atoms with Crippen LogP contribution in [-0.2, 0) is 14.2 Å². The molecule has 7 nitrogen and oxygen atoms in total. The highest BCUT2D eigenvalue weighted by atomic mass is 16.6.